The SMILES string of the molecule is CCCC[P+](CCCC)(CCCC)CC(=C=[N-])C(=O)N(C(=O)OCC)c1ccccc1. The molecule has 1 aromatic carbocycles. The van der Waals surface area contributed by atoms with E-state index in [4.69, 9.17) is 4.74 Å². The van der Waals surface area contributed by atoms with Gasteiger partial charge in [-0.05, 0) is 38.3 Å². The number of nitrogens with zero attached hydrogens (tertiary/aromatic N) is 2. The number of hydrogen-bond donors (Lipinski definition) is 0. The zero-order valence-electron chi connectivity index (χ0n) is 19.7. The second-order valence-electron chi connectivity index (χ2n) is 8.00. The summed E-state index contributed by atoms with van der Waals surface area (Å²) >= 11 is 0. The molecule has 0 saturated heterocycles. The maximum atomic E-state index is 13.5. The molecule has 0 bridgehead atoms. The Balaban J connectivity index is 3.29. The monoisotopic (exact) mass is 446 g/mol. The molecule has 0 aliphatic heterocycles. The van der Waals surface area contributed by atoms with Gasteiger partial charge < -0.3 is 10.1 Å². The van der Waals surface area contributed by atoms with Crippen molar-refractivity contribution in [2.45, 2.75) is 66.2 Å². The van der Waals surface area contributed by atoms with Crippen LogP contribution in [0.4, 0.5) is 10.5 Å². The van der Waals surface area contributed by atoms with Gasteiger partial charge in [-0.15, -0.1) is 0 Å². The molecule has 0 fully saturated rings. The van der Waals surface area contributed by atoms with Crippen LogP contribution < -0.4 is 4.90 Å². The topological polar surface area (TPSA) is 68.9 Å². The van der Waals surface area contributed by atoms with Gasteiger partial charge in [0.1, 0.15) is 0 Å². The lowest BCUT2D eigenvalue weighted by Crippen LogP contribution is -2.39. The fourth-order valence-electron chi connectivity index (χ4n) is 3.74. The molecule has 0 saturated carbocycles. The Bertz CT molecular complexity index is 708. The molecule has 1 aromatic rings. The molecule has 0 aromatic heterocycles. The lowest BCUT2D eigenvalue weighted by atomic mass is 10.2. The van der Waals surface area contributed by atoms with Gasteiger partial charge in [0.05, 0.1) is 42.5 Å². The van der Waals surface area contributed by atoms with Gasteiger partial charge in [0.2, 0.25) is 0 Å². The highest BCUT2D eigenvalue weighted by molar-refractivity contribution is 7.76. The van der Waals surface area contributed by atoms with Crippen LogP contribution in [-0.4, -0.2) is 49.1 Å². The molecule has 5 nitrogen and oxygen atoms in total. The van der Waals surface area contributed by atoms with E-state index in [1.54, 1.807) is 31.2 Å². The first kappa shape index (κ1) is 27.1. The molecule has 0 unspecified atom stereocenters. The van der Waals surface area contributed by atoms with E-state index in [1.807, 2.05) is 6.07 Å². The number of ether oxygens (including phenoxy) is 1. The number of amides is 2. The molecule has 0 N–H and O–H groups in total. The van der Waals surface area contributed by atoms with Crippen molar-refractivity contribution in [3.05, 3.63) is 41.3 Å². The lowest BCUT2D eigenvalue weighted by molar-refractivity contribution is -0.114. The molecule has 172 valence electrons. The summed E-state index contributed by atoms with van der Waals surface area (Å²) in [5.74, 6) is 1.64. The van der Waals surface area contributed by atoms with Gasteiger partial charge in [0.25, 0.3) is 5.91 Å². The van der Waals surface area contributed by atoms with Crippen molar-refractivity contribution in [3.63, 3.8) is 0 Å². The van der Waals surface area contributed by atoms with Crippen molar-refractivity contribution < 1.29 is 14.3 Å². The van der Waals surface area contributed by atoms with E-state index >= 15 is 0 Å². The normalized spacial score (nSPS) is 11.0. The third-order valence-corrected chi connectivity index (χ3v) is 10.3. The maximum absolute atomic E-state index is 13.5. The summed E-state index contributed by atoms with van der Waals surface area (Å²) in [6.45, 7) is 8.43. The average Bonchev–Trinajstić information content (AvgIpc) is 2.79. The smallest absolute Gasteiger partial charge is 0.421 e. The number of carbonyl (C=O) groups is 2. The zero-order valence-corrected chi connectivity index (χ0v) is 20.6. The average molecular weight is 447 g/mol. The van der Waals surface area contributed by atoms with Gasteiger partial charge in [-0.1, -0.05) is 58.2 Å². The van der Waals surface area contributed by atoms with Gasteiger partial charge in [-0.3, -0.25) is 10.7 Å². The summed E-state index contributed by atoms with van der Waals surface area (Å²) in [4.78, 5) is 27.2. The van der Waals surface area contributed by atoms with Crippen LogP contribution in [0.15, 0.2) is 35.9 Å². The molecule has 2 amide bonds. The van der Waals surface area contributed by atoms with Gasteiger partial charge in [-0.2, -0.15) is 0 Å². The number of anilines is 1. The van der Waals surface area contributed by atoms with Gasteiger partial charge >= 0.3 is 6.09 Å². The summed E-state index contributed by atoms with van der Waals surface area (Å²) in [6, 6.07) is 8.74. The third-order valence-electron chi connectivity index (χ3n) is 5.51. The van der Waals surface area contributed by atoms with E-state index in [1.165, 1.54) is 0 Å². The Hall–Kier alpha value is -1.96. The van der Waals surface area contributed by atoms with Gasteiger partial charge in [0, 0.05) is 7.26 Å². The highest BCUT2D eigenvalue weighted by Gasteiger charge is 2.39. The van der Waals surface area contributed by atoms with Crippen LogP contribution >= 0.6 is 7.26 Å². The Labute approximate surface area is 189 Å². The Morgan fingerprint density at radius 1 is 0.935 bits per heavy atom. The van der Waals surface area contributed by atoms with E-state index in [9.17, 15) is 15.0 Å². The number of carbonyl (C=O) groups excluding carboxylic acids is 2. The largest absolute Gasteiger partial charge is 0.763 e. The van der Waals surface area contributed by atoms with Gasteiger partial charge in [0.15, 0.2) is 0 Å². The van der Waals surface area contributed by atoms with Crippen LogP contribution in [0.3, 0.4) is 0 Å². The quantitative estimate of drug-likeness (QED) is 0.180. The van der Waals surface area contributed by atoms with E-state index in [2.05, 4.69) is 26.6 Å². The molecular weight excluding hydrogens is 407 g/mol. The fraction of sp³-hybridized carbons (Fsp3) is 0.600. The van der Waals surface area contributed by atoms with Crippen molar-refractivity contribution in [1.82, 2.24) is 0 Å². The van der Waals surface area contributed by atoms with E-state index in [0.29, 0.717) is 11.8 Å². The van der Waals surface area contributed by atoms with Crippen LogP contribution in [0, 0.1) is 0 Å². The Morgan fingerprint density at radius 2 is 1.45 bits per heavy atom. The predicted octanol–water partition coefficient (Wildman–Crippen LogP) is 6.76. The molecule has 0 spiro atoms. The summed E-state index contributed by atoms with van der Waals surface area (Å²) in [7, 11) is -1.51. The first-order chi connectivity index (χ1) is 15.0. The molecular formula is C25H39N2O3P. The van der Waals surface area contributed by atoms with Crippen molar-refractivity contribution in [2.24, 2.45) is 0 Å². The Morgan fingerprint density at radius 3 is 1.87 bits per heavy atom. The molecule has 31 heavy (non-hydrogen) atoms. The number of para-hydroxylation sites is 1. The summed E-state index contributed by atoms with van der Waals surface area (Å²) in [5, 5.41) is 9.97. The van der Waals surface area contributed by atoms with Crippen LogP contribution in [0.5, 0.6) is 0 Å². The van der Waals surface area contributed by atoms with E-state index < -0.39 is 19.3 Å². The standard InChI is InChI=1S/C25H39N2O3P/c1-5-9-17-31(18-10-6-2,19-11-7-3)21-22(20-26)24(28)27(25(29)30-8-4)23-15-13-12-14-16-23/h12-16H,5-11,17-19,21H2,1-4H3. The molecule has 0 aliphatic carbocycles. The second kappa shape index (κ2) is 14.9. The number of hydrogen-bond acceptors (Lipinski definition) is 3. The number of benzene rings is 1. The maximum Gasteiger partial charge on any atom is 0.421 e. The van der Waals surface area contributed by atoms with Crippen LogP contribution in [-0.2, 0) is 9.53 Å². The number of rotatable bonds is 14. The minimum absolute atomic E-state index is 0.164. The Kier molecular flexibility index (Phi) is 13.1. The summed E-state index contributed by atoms with van der Waals surface area (Å²) < 4.78 is 5.15. The fourth-order valence-corrected chi connectivity index (χ4v) is 8.73. The molecule has 0 aliphatic rings. The highest BCUT2D eigenvalue weighted by atomic mass is 31.2. The van der Waals surface area contributed by atoms with E-state index in [0.717, 1.165) is 61.9 Å². The number of unbranched alkanes of at least 4 members (excludes halogenated alkanes) is 3. The minimum Gasteiger partial charge on any atom is -0.763 e. The first-order valence-electron chi connectivity index (χ1n) is 11.7. The van der Waals surface area contributed by atoms with Crippen molar-refractivity contribution in [1.29, 1.82) is 0 Å². The third kappa shape index (κ3) is 8.59. The second-order valence-corrected chi connectivity index (χ2v) is 12.3. The minimum atomic E-state index is -1.51. The van der Waals surface area contributed by atoms with Crippen LogP contribution in [0.25, 0.3) is 5.41 Å². The molecule has 0 radical (unpaired) electrons. The molecule has 0 heterocycles. The van der Waals surface area contributed by atoms with Crippen molar-refractivity contribution in [2.75, 3.05) is 36.2 Å². The summed E-state index contributed by atoms with van der Waals surface area (Å²) in [6.07, 6.45) is 9.78. The van der Waals surface area contributed by atoms with Crippen LogP contribution in [0.2, 0.25) is 0 Å². The lowest BCUT2D eigenvalue weighted by Gasteiger charge is -2.30. The predicted molar refractivity (Wildman–Crippen MR) is 134 cm³/mol. The molecule has 0 atom stereocenters. The van der Waals surface area contributed by atoms with Crippen molar-refractivity contribution >= 4 is 30.8 Å². The number of imide groups is 1. The van der Waals surface area contributed by atoms with E-state index in [-0.39, 0.29) is 12.2 Å². The molecule has 1 rings (SSSR count). The summed E-state index contributed by atoms with van der Waals surface area (Å²) in [5.41, 5.74) is 0.617. The molecule has 6 heteroatoms. The van der Waals surface area contributed by atoms with Crippen molar-refractivity contribution in [3.8, 4) is 0 Å². The van der Waals surface area contributed by atoms with Crippen LogP contribution in [0.1, 0.15) is 66.2 Å². The first-order valence-corrected chi connectivity index (χ1v) is 14.2. The highest BCUT2D eigenvalue weighted by Crippen LogP contribution is 2.61. The van der Waals surface area contributed by atoms with Gasteiger partial charge in [-0.25, -0.2) is 9.69 Å². The zero-order chi connectivity index (χ0) is 23.1.